The molecule has 3 rings (SSSR count). The fraction of sp³-hybridized carbons (Fsp3) is 0.667. The highest BCUT2D eigenvalue weighted by molar-refractivity contribution is 14.1. The van der Waals surface area contributed by atoms with Crippen molar-refractivity contribution in [2.45, 2.75) is 51.5 Å². The zero-order chi connectivity index (χ0) is 13.9. The number of hydrogen-bond donors (Lipinski definition) is 1. The van der Waals surface area contributed by atoms with E-state index in [0.29, 0.717) is 0 Å². The molecular formula is C18H26IN. The van der Waals surface area contributed by atoms with Gasteiger partial charge in [-0.3, -0.25) is 0 Å². The van der Waals surface area contributed by atoms with Crippen molar-refractivity contribution in [1.29, 1.82) is 0 Å². The second-order valence-electron chi connectivity index (χ2n) is 6.95. The Balaban J connectivity index is 1.60. The Morgan fingerprint density at radius 1 is 1.05 bits per heavy atom. The summed E-state index contributed by atoms with van der Waals surface area (Å²) in [5.74, 6) is 2.69. The predicted octanol–water partition coefficient (Wildman–Crippen LogP) is 4.64. The second kappa shape index (κ2) is 6.78. The van der Waals surface area contributed by atoms with Crippen molar-refractivity contribution in [3.8, 4) is 0 Å². The maximum atomic E-state index is 3.76. The maximum Gasteiger partial charge on any atom is 0.0130 e. The minimum Gasteiger partial charge on any atom is -0.314 e. The third kappa shape index (κ3) is 4.20. The monoisotopic (exact) mass is 383 g/mol. The van der Waals surface area contributed by atoms with E-state index in [2.05, 4.69) is 59.1 Å². The topological polar surface area (TPSA) is 12.0 Å². The maximum absolute atomic E-state index is 3.76. The highest BCUT2D eigenvalue weighted by Crippen LogP contribution is 2.36. The van der Waals surface area contributed by atoms with Gasteiger partial charge in [0.2, 0.25) is 0 Å². The molecule has 0 aliphatic heterocycles. The van der Waals surface area contributed by atoms with Gasteiger partial charge in [0.05, 0.1) is 0 Å². The highest BCUT2D eigenvalue weighted by Gasteiger charge is 2.30. The molecule has 1 aromatic carbocycles. The Labute approximate surface area is 137 Å². The molecule has 1 aromatic rings. The van der Waals surface area contributed by atoms with Gasteiger partial charge in [-0.05, 0) is 96.7 Å². The SMILES string of the molecule is CC1CCC(CNC2CC2)C(Cc2ccc(I)cc2)C1. The van der Waals surface area contributed by atoms with E-state index in [-0.39, 0.29) is 0 Å². The van der Waals surface area contributed by atoms with Crippen LogP contribution in [0.15, 0.2) is 24.3 Å². The molecule has 2 aliphatic rings. The predicted molar refractivity (Wildman–Crippen MR) is 93.9 cm³/mol. The molecule has 3 atom stereocenters. The van der Waals surface area contributed by atoms with Gasteiger partial charge in [-0.1, -0.05) is 25.5 Å². The molecule has 0 saturated heterocycles. The third-order valence-corrected chi connectivity index (χ3v) is 5.78. The fourth-order valence-electron chi connectivity index (χ4n) is 3.61. The van der Waals surface area contributed by atoms with Crippen LogP contribution in [0, 0.1) is 21.3 Å². The van der Waals surface area contributed by atoms with Crippen LogP contribution in [0.2, 0.25) is 0 Å². The van der Waals surface area contributed by atoms with Crippen LogP contribution in [-0.4, -0.2) is 12.6 Å². The fourth-order valence-corrected chi connectivity index (χ4v) is 3.97. The molecule has 0 heterocycles. The first-order valence-electron chi connectivity index (χ1n) is 8.18. The van der Waals surface area contributed by atoms with Gasteiger partial charge >= 0.3 is 0 Å². The Hall–Kier alpha value is -0.0900. The third-order valence-electron chi connectivity index (χ3n) is 5.06. The summed E-state index contributed by atoms with van der Waals surface area (Å²) >= 11 is 2.39. The quantitative estimate of drug-likeness (QED) is 0.731. The van der Waals surface area contributed by atoms with Crippen LogP contribution in [0.25, 0.3) is 0 Å². The molecule has 0 spiro atoms. The second-order valence-corrected chi connectivity index (χ2v) is 8.20. The van der Waals surface area contributed by atoms with Gasteiger partial charge in [-0.25, -0.2) is 0 Å². The van der Waals surface area contributed by atoms with E-state index in [9.17, 15) is 0 Å². The summed E-state index contributed by atoms with van der Waals surface area (Å²) in [5, 5.41) is 3.76. The average Bonchev–Trinajstić information content (AvgIpc) is 3.25. The summed E-state index contributed by atoms with van der Waals surface area (Å²) in [4.78, 5) is 0. The molecule has 0 bridgehead atoms. The van der Waals surface area contributed by atoms with Crippen LogP contribution in [0.1, 0.15) is 44.6 Å². The summed E-state index contributed by atoms with van der Waals surface area (Å²) in [5.41, 5.74) is 1.53. The van der Waals surface area contributed by atoms with E-state index < -0.39 is 0 Å². The van der Waals surface area contributed by atoms with Crippen molar-refractivity contribution in [1.82, 2.24) is 5.32 Å². The summed E-state index contributed by atoms with van der Waals surface area (Å²) in [6, 6.07) is 10.0. The van der Waals surface area contributed by atoms with Crippen molar-refractivity contribution in [3.05, 3.63) is 33.4 Å². The van der Waals surface area contributed by atoms with E-state index >= 15 is 0 Å². The van der Waals surface area contributed by atoms with E-state index in [4.69, 9.17) is 0 Å². The van der Waals surface area contributed by atoms with Crippen LogP contribution in [-0.2, 0) is 6.42 Å². The Morgan fingerprint density at radius 3 is 2.50 bits per heavy atom. The first-order chi connectivity index (χ1) is 9.70. The van der Waals surface area contributed by atoms with E-state index in [1.807, 2.05) is 0 Å². The molecule has 1 N–H and O–H groups in total. The van der Waals surface area contributed by atoms with Crippen LogP contribution in [0.4, 0.5) is 0 Å². The zero-order valence-electron chi connectivity index (χ0n) is 12.4. The lowest BCUT2D eigenvalue weighted by molar-refractivity contribution is 0.183. The lowest BCUT2D eigenvalue weighted by Gasteiger charge is -2.35. The van der Waals surface area contributed by atoms with Gasteiger partial charge in [0.1, 0.15) is 0 Å². The Kier molecular flexibility index (Phi) is 5.03. The van der Waals surface area contributed by atoms with Gasteiger partial charge in [-0.15, -0.1) is 0 Å². The zero-order valence-corrected chi connectivity index (χ0v) is 14.6. The van der Waals surface area contributed by atoms with Crippen molar-refractivity contribution >= 4 is 22.6 Å². The average molecular weight is 383 g/mol. The standard InChI is InChI=1S/C18H26IN/c1-13-2-5-15(12-20-18-8-9-18)16(10-13)11-14-3-6-17(19)7-4-14/h3-4,6-7,13,15-16,18,20H,2,5,8-12H2,1H3. The minimum absolute atomic E-state index is 0.855. The van der Waals surface area contributed by atoms with Crippen molar-refractivity contribution in [2.75, 3.05) is 6.54 Å². The lowest BCUT2D eigenvalue weighted by atomic mass is 9.72. The number of rotatable bonds is 5. The molecule has 110 valence electrons. The molecule has 0 radical (unpaired) electrons. The van der Waals surface area contributed by atoms with Gasteiger partial charge in [0.25, 0.3) is 0 Å². The van der Waals surface area contributed by atoms with Gasteiger partial charge in [-0.2, -0.15) is 0 Å². The van der Waals surface area contributed by atoms with E-state index in [1.54, 1.807) is 0 Å². The smallest absolute Gasteiger partial charge is 0.0130 e. The molecule has 2 saturated carbocycles. The number of nitrogens with one attached hydrogen (secondary N) is 1. The number of halogens is 1. The molecule has 2 fully saturated rings. The van der Waals surface area contributed by atoms with Crippen molar-refractivity contribution in [3.63, 3.8) is 0 Å². The molecule has 3 unspecified atom stereocenters. The molecule has 2 aliphatic carbocycles. The molecule has 2 heteroatoms. The van der Waals surface area contributed by atoms with Gasteiger partial charge in [0.15, 0.2) is 0 Å². The Morgan fingerprint density at radius 2 is 1.80 bits per heavy atom. The summed E-state index contributed by atoms with van der Waals surface area (Å²) in [6.45, 7) is 3.69. The largest absolute Gasteiger partial charge is 0.314 e. The van der Waals surface area contributed by atoms with Crippen LogP contribution >= 0.6 is 22.6 Å². The van der Waals surface area contributed by atoms with Crippen LogP contribution in [0.3, 0.4) is 0 Å². The number of benzene rings is 1. The first-order valence-corrected chi connectivity index (χ1v) is 9.26. The number of hydrogen-bond acceptors (Lipinski definition) is 1. The van der Waals surface area contributed by atoms with Crippen LogP contribution in [0.5, 0.6) is 0 Å². The molecular weight excluding hydrogens is 357 g/mol. The van der Waals surface area contributed by atoms with Crippen LogP contribution < -0.4 is 5.32 Å². The molecule has 20 heavy (non-hydrogen) atoms. The van der Waals surface area contributed by atoms with Gasteiger partial charge in [0, 0.05) is 9.61 Å². The summed E-state index contributed by atoms with van der Waals surface area (Å²) < 4.78 is 1.34. The Bertz CT molecular complexity index is 424. The summed E-state index contributed by atoms with van der Waals surface area (Å²) in [7, 11) is 0. The van der Waals surface area contributed by atoms with Crippen molar-refractivity contribution in [2.24, 2.45) is 17.8 Å². The molecule has 0 amide bonds. The summed E-state index contributed by atoms with van der Waals surface area (Å²) in [6.07, 6.45) is 8.37. The first kappa shape index (κ1) is 14.8. The lowest BCUT2D eigenvalue weighted by Crippen LogP contribution is -2.34. The normalized spacial score (nSPS) is 30.4. The van der Waals surface area contributed by atoms with E-state index in [0.717, 1.165) is 23.8 Å². The molecule has 0 aromatic heterocycles. The minimum atomic E-state index is 0.855. The van der Waals surface area contributed by atoms with Crippen molar-refractivity contribution < 1.29 is 0 Å². The van der Waals surface area contributed by atoms with E-state index in [1.165, 1.54) is 54.2 Å². The highest BCUT2D eigenvalue weighted by atomic mass is 127. The molecule has 1 nitrogen and oxygen atoms in total. The van der Waals surface area contributed by atoms with Gasteiger partial charge < -0.3 is 5.32 Å².